The third-order valence-electron chi connectivity index (χ3n) is 3.62. The summed E-state index contributed by atoms with van der Waals surface area (Å²) in [4.78, 5) is 25.7. The molecule has 0 unspecified atom stereocenters. The van der Waals surface area contributed by atoms with Crippen LogP contribution < -0.4 is 4.90 Å². The molecule has 9 nitrogen and oxygen atoms in total. The highest BCUT2D eigenvalue weighted by molar-refractivity contribution is 6.03. The van der Waals surface area contributed by atoms with E-state index < -0.39 is 11.9 Å². The molecule has 0 atom stereocenters. The van der Waals surface area contributed by atoms with Gasteiger partial charge in [-0.2, -0.15) is 0 Å². The molecule has 0 spiro atoms. The van der Waals surface area contributed by atoms with E-state index in [0.717, 1.165) is 5.56 Å². The van der Waals surface area contributed by atoms with Crippen LogP contribution in [0.4, 0.5) is 5.69 Å². The van der Waals surface area contributed by atoms with Crippen LogP contribution in [0.5, 0.6) is 0 Å². The predicted octanol–water partition coefficient (Wildman–Crippen LogP) is 1.13. The number of esters is 2. The first kappa shape index (κ1) is 16.7. The molecule has 0 amide bonds. The minimum absolute atomic E-state index is 0.0341. The van der Waals surface area contributed by atoms with Crippen LogP contribution in [0.2, 0.25) is 0 Å². The second-order valence-corrected chi connectivity index (χ2v) is 5.01. The number of anilines is 1. The Hall–Kier alpha value is -3.20. The van der Waals surface area contributed by atoms with Gasteiger partial charge < -0.3 is 23.5 Å². The summed E-state index contributed by atoms with van der Waals surface area (Å²) in [6.45, 7) is 0.0541. The van der Waals surface area contributed by atoms with Crippen molar-refractivity contribution in [2.75, 3.05) is 32.5 Å². The quantitative estimate of drug-likeness (QED) is 0.754. The van der Waals surface area contributed by atoms with Crippen molar-refractivity contribution in [3.8, 4) is 11.5 Å². The first-order valence-electron chi connectivity index (χ1n) is 7.27. The Kier molecular flexibility index (Phi) is 4.75. The normalized spacial score (nSPS) is 14.4. The van der Waals surface area contributed by atoms with Crippen molar-refractivity contribution in [2.45, 2.75) is 0 Å². The molecule has 1 aromatic heterocycles. The number of methoxy groups -OCH3 is 2. The second-order valence-electron chi connectivity index (χ2n) is 5.01. The zero-order valence-electron chi connectivity index (χ0n) is 13.6. The maximum Gasteiger partial charge on any atom is 0.355 e. The Balaban J connectivity index is 1.99. The van der Waals surface area contributed by atoms with E-state index in [2.05, 4.69) is 10.2 Å². The molecule has 1 aliphatic rings. The summed E-state index contributed by atoms with van der Waals surface area (Å²) in [5.74, 6) is -0.919. The molecule has 0 radical (unpaired) electrons. The molecule has 9 heteroatoms. The van der Waals surface area contributed by atoms with E-state index in [9.17, 15) is 9.59 Å². The van der Waals surface area contributed by atoms with Crippen LogP contribution in [0.25, 0.3) is 11.5 Å². The molecule has 3 rings (SSSR count). The number of carbonyl (C=O) groups excluding carboxylic acids is 2. The monoisotopic (exact) mass is 345 g/mol. The van der Waals surface area contributed by atoms with Gasteiger partial charge in [-0.15, -0.1) is 10.2 Å². The van der Waals surface area contributed by atoms with E-state index >= 15 is 0 Å². The largest absolute Gasteiger partial charge is 0.466 e. The zero-order valence-corrected chi connectivity index (χ0v) is 13.6. The molecule has 0 saturated carbocycles. The molecular weight excluding hydrogens is 330 g/mol. The fourth-order valence-corrected chi connectivity index (χ4v) is 2.43. The van der Waals surface area contributed by atoms with Gasteiger partial charge in [0.05, 0.1) is 26.4 Å². The Morgan fingerprint density at radius 3 is 2.44 bits per heavy atom. The SMILES string of the molecule is COC(=O)C1=C(C(=O)OC)N(c2ccc(-c3nnco3)cc2)COC1. The molecule has 25 heavy (non-hydrogen) atoms. The van der Waals surface area contributed by atoms with Crippen molar-refractivity contribution < 1.29 is 28.2 Å². The van der Waals surface area contributed by atoms with E-state index in [1.165, 1.54) is 20.6 Å². The second kappa shape index (κ2) is 7.14. The van der Waals surface area contributed by atoms with Gasteiger partial charge in [-0.05, 0) is 24.3 Å². The molecule has 0 saturated heterocycles. The first-order chi connectivity index (χ1) is 12.2. The molecule has 130 valence electrons. The highest BCUT2D eigenvalue weighted by atomic mass is 16.5. The molecule has 1 aromatic carbocycles. The lowest BCUT2D eigenvalue weighted by atomic mass is 10.1. The molecule has 0 bridgehead atoms. The lowest BCUT2D eigenvalue weighted by Gasteiger charge is -2.31. The van der Waals surface area contributed by atoms with E-state index in [1.807, 2.05) is 0 Å². The first-order valence-corrected chi connectivity index (χ1v) is 7.27. The van der Waals surface area contributed by atoms with Gasteiger partial charge in [-0.1, -0.05) is 0 Å². The van der Waals surface area contributed by atoms with Crippen LogP contribution in [0.1, 0.15) is 0 Å². The van der Waals surface area contributed by atoms with Crippen molar-refractivity contribution in [3.05, 3.63) is 41.9 Å². The maximum absolute atomic E-state index is 12.2. The summed E-state index contributed by atoms with van der Waals surface area (Å²) in [7, 11) is 2.49. The number of ether oxygens (including phenoxy) is 3. The topological polar surface area (TPSA) is 104 Å². The Morgan fingerprint density at radius 2 is 1.84 bits per heavy atom. The third-order valence-corrected chi connectivity index (χ3v) is 3.62. The fraction of sp³-hybridized carbons (Fsp3) is 0.250. The molecule has 0 fully saturated rings. The van der Waals surface area contributed by atoms with Crippen LogP contribution >= 0.6 is 0 Å². The van der Waals surface area contributed by atoms with Crippen LogP contribution in [-0.2, 0) is 23.8 Å². The lowest BCUT2D eigenvalue weighted by Crippen LogP contribution is -2.38. The Labute approximate surface area is 142 Å². The minimum Gasteiger partial charge on any atom is -0.466 e. The third kappa shape index (κ3) is 3.22. The summed E-state index contributed by atoms with van der Waals surface area (Å²) in [6.07, 6.45) is 1.24. The van der Waals surface area contributed by atoms with Gasteiger partial charge in [0.25, 0.3) is 0 Å². The van der Waals surface area contributed by atoms with Crippen LogP contribution in [0, 0.1) is 0 Å². The highest BCUT2D eigenvalue weighted by Crippen LogP contribution is 2.28. The Morgan fingerprint density at radius 1 is 1.12 bits per heavy atom. The van der Waals surface area contributed by atoms with Crippen molar-refractivity contribution >= 4 is 17.6 Å². The van der Waals surface area contributed by atoms with Crippen molar-refractivity contribution in [2.24, 2.45) is 0 Å². The number of hydrogen-bond donors (Lipinski definition) is 0. The number of aromatic nitrogens is 2. The van der Waals surface area contributed by atoms with Crippen molar-refractivity contribution in [3.63, 3.8) is 0 Å². The van der Waals surface area contributed by atoms with Gasteiger partial charge in [0.1, 0.15) is 12.4 Å². The number of rotatable bonds is 4. The van der Waals surface area contributed by atoms with Gasteiger partial charge in [0.15, 0.2) is 0 Å². The van der Waals surface area contributed by atoms with Gasteiger partial charge in [-0.25, -0.2) is 9.59 Å². The minimum atomic E-state index is -0.648. The molecular formula is C16H15N3O6. The summed E-state index contributed by atoms with van der Waals surface area (Å²) >= 11 is 0. The van der Waals surface area contributed by atoms with Gasteiger partial charge in [0, 0.05) is 11.3 Å². The van der Waals surface area contributed by atoms with E-state index in [1.54, 1.807) is 29.2 Å². The van der Waals surface area contributed by atoms with Crippen LogP contribution in [0.15, 0.2) is 46.3 Å². The van der Waals surface area contributed by atoms with Crippen molar-refractivity contribution in [1.29, 1.82) is 0 Å². The number of carbonyl (C=O) groups is 2. The van der Waals surface area contributed by atoms with Crippen LogP contribution in [-0.4, -0.2) is 49.7 Å². The highest BCUT2D eigenvalue weighted by Gasteiger charge is 2.32. The molecule has 2 heterocycles. The van der Waals surface area contributed by atoms with Crippen LogP contribution in [0.3, 0.4) is 0 Å². The fourth-order valence-electron chi connectivity index (χ4n) is 2.43. The number of nitrogens with zero attached hydrogens (tertiary/aromatic N) is 3. The van der Waals surface area contributed by atoms with E-state index in [0.29, 0.717) is 11.6 Å². The average Bonchev–Trinajstić information content (AvgIpc) is 3.21. The number of benzene rings is 1. The van der Waals surface area contributed by atoms with Gasteiger partial charge in [-0.3, -0.25) is 0 Å². The zero-order chi connectivity index (χ0) is 17.8. The molecule has 0 N–H and O–H groups in total. The number of hydrogen-bond acceptors (Lipinski definition) is 9. The lowest BCUT2D eigenvalue weighted by molar-refractivity contribution is -0.140. The van der Waals surface area contributed by atoms with E-state index in [-0.39, 0.29) is 24.6 Å². The summed E-state index contributed by atoms with van der Waals surface area (Å²) < 4.78 is 20.1. The predicted molar refractivity (Wildman–Crippen MR) is 84.1 cm³/mol. The maximum atomic E-state index is 12.2. The van der Waals surface area contributed by atoms with E-state index in [4.69, 9.17) is 18.6 Å². The summed E-state index contributed by atoms with van der Waals surface area (Å²) in [5.41, 5.74) is 1.54. The van der Waals surface area contributed by atoms with Crippen molar-refractivity contribution in [1.82, 2.24) is 10.2 Å². The smallest absolute Gasteiger partial charge is 0.355 e. The van der Waals surface area contributed by atoms with Gasteiger partial charge >= 0.3 is 11.9 Å². The summed E-state index contributed by atoms with van der Waals surface area (Å²) in [5, 5.41) is 7.46. The summed E-state index contributed by atoms with van der Waals surface area (Å²) in [6, 6.07) is 6.99. The standard InChI is InChI=1S/C16H15N3O6/c1-22-15(20)12-7-24-9-19(13(12)16(21)23-2)11-5-3-10(4-6-11)14-18-17-8-25-14/h3-6,8H,7,9H2,1-2H3. The average molecular weight is 345 g/mol. The Bertz CT molecular complexity index is 798. The molecule has 0 aliphatic carbocycles. The molecule has 2 aromatic rings. The molecule has 1 aliphatic heterocycles. The van der Waals surface area contributed by atoms with Gasteiger partial charge in [0.2, 0.25) is 12.3 Å².